The summed E-state index contributed by atoms with van der Waals surface area (Å²) < 4.78 is 2.03. The number of aliphatic hydroxyl groups is 1. The van der Waals surface area contributed by atoms with Gasteiger partial charge in [0.1, 0.15) is 0 Å². The molecule has 1 saturated carbocycles. The zero-order valence-corrected chi connectivity index (χ0v) is 9.19. The topological polar surface area (TPSA) is 50.1 Å². The van der Waals surface area contributed by atoms with Gasteiger partial charge in [0.05, 0.1) is 18.1 Å². The van der Waals surface area contributed by atoms with E-state index < -0.39 is 0 Å². The summed E-state index contributed by atoms with van der Waals surface area (Å²) in [5.41, 5.74) is 1.21. The number of aryl methyl sites for hydroxylation is 1. The molecule has 0 aromatic carbocycles. The van der Waals surface area contributed by atoms with Crippen molar-refractivity contribution in [3.63, 3.8) is 0 Å². The van der Waals surface area contributed by atoms with Gasteiger partial charge < -0.3 is 15.0 Å². The monoisotopic (exact) mass is 209 g/mol. The van der Waals surface area contributed by atoms with Crippen LogP contribution in [0, 0.1) is 0 Å². The van der Waals surface area contributed by atoms with Crippen molar-refractivity contribution in [2.75, 3.05) is 0 Å². The third-order valence-electron chi connectivity index (χ3n) is 3.19. The predicted molar refractivity (Wildman–Crippen MR) is 58.3 cm³/mol. The highest BCUT2D eigenvalue weighted by Crippen LogP contribution is 2.18. The molecule has 1 heterocycles. The zero-order chi connectivity index (χ0) is 10.7. The molecule has 15 heavy (non-hydrogen) atoms. The van der Waals surface area contributed by atoms with E-state index in [0.717, 1.165) is 32.2 Å². The Balaban J connectivity index is 1.77. The molecule has 1 fully saturated rings. The van der Waals surface area contributed by atoms with E-state index in [1.807, 2.05) is 24.1 Å². The van der Waals surface area contributed by atoms with E-state index in [4.69, 9.17) is 0 Å². The molecule has 0 spiro atoms. The molecule has 1 aromatic heterocycles. The number of hydrogen-bond acceptors (Lipinski definition) is 3. The third kappa shape index (κ3) is 2.79. The fourth-order valence-corrected chi connectivity index (χ4v) is 2.08. The molecular formula is C11H19N3O. The Bertz CT molecular complexity index is 303. The molecule has 4 heteroatoms. The molecule has 1 aromatic rings. The van der Waals surface area contributed by atoms with Crippen LogP contribution in [0.5, 0.6) is 0 Å². The van der Waals surface area contributed by atoms with Gasteiger partial charge in [-0.05, 0) is 25.7 Å². The fraction of sp³-hybridized carbons (Fsp3) is 0.727. The summed E-state index contributed by atoms with van der Waals surface area (Å²) in [5, 5.41) is 12.9. The molecule has 0 amide bonds. The van der Waals surface area contributed by atoms with Crippen LogP contribution < -0.4 is 5.32 Å². The van der Waals surface area contributed by atoms with Gasteiger partial charge in [-0.3, -0.25) is 0 Å². The van der Waals surface area contributed by atoms with Crippen LogP contribution in [0.1, 0.15) is 31.4 Å². The summed E-state index contributed by atoms with van der Waals surface area (Å²) in [5.74, 6) is 0. The first kappa shape index (κ1) is 10.6. The van der Waals surface area contributed by atoms with Crippen LogP contribution in [-0.4, -0.2) is 26.8 Å². The molecule has 0 aliphatic heterocycles. The summed E-state index contributed by atoms with van der Waals surface area (Å²) in [6.45, 7) is 0.872. The number of imidazole rings is 1. The van der Waals surface area contributed by atoms with Crippen molar-refractivity contribution in [3.8, 4) is 0 Å². The minimum absolute atomic E-state index is 0.0697. The lowest BCUT2D eigenvalue weighted by molar-refractivity contribution is 0.116. The van der Waals surface area contributed by atoms with Gasteiger partial charge in [-0.25, -0.2) is 4.98 Å². The van der Waals surface area contributed by atoms with Gasteiger partial charge >= 0.3 is 0 Å². The molecule has 1 aliphatic rings. The highest BCUT2D eigenvalue weighted by atomic mass is 16.3. The average molecular weight is 209 g/mol. The molecule has 0 unspecified atom stereocenters. The van der Waals surface area contributed by atoms with Crippen molar-refractivity contribution in [1.29, 1.82) is 0 Å². The quantitative estimate of drug-likeness (QED) is 0.774. The smallest absolute Gasteiger partial charge is 0.0945 e. The maximum absolute atomic E-state index is 9.38. The van der Waals surface area contributed by atoms with Gasteiger partial charge in [0.15, 0.2) is 0 Å². The van der Waals surface area contributed by atoms with Gasteiger partial charge in [0.25, 0.3) is 0 Å². The van der Waals surface area contributed by atoms with Crippen molar-refractivity contribution in [2.24, 2.45) is 7.05 Å². The van der Waals surface area contributed by atoms with E-state index in [2.05, 4.69) is 10.3 Å². The van der Waals surface area contributed by atoms with E-state index in [1.54, 1.807) is 0 Å². The van der Waals surface area contributed by atoms with Gasteiger partial charge in [0, 0.05) is 25.8 Å². The Hall–Kier alpha value is -0.870. The second-order valence-corrected chi connectivity index (χ2v) is 4.38. The van der Waals surface area contributed by atoms with Crippen molar-refractivity contribution in [2.45, 2.75) is 44.4 Å². The Morgan fingerprint density at radius 3 is 2.80 bits per heavy atom. The van der Waals surface area contributed by atoms with Crippen LogP contribution in [0.15, 0.2) is 12.5 Å². The summed E-state index contributed by atoms with van der Waals surface area (Å²) in [4.78, 5) is 4.08. The highest BCUT2D eigenvalue weighted by molar-refractivity contribution is 4.97. The molecule has 0 bridgehead atoms. The largest absolute Gasteiger partial charge is 0.393 e. The molecule has 0 radical (unpaired) electrons. The second-order valence-electron chi connectivity index (χ2n) is 4.38. The Kier molecular flexibility index (Phi) is 3.38. The van der Waals surface area contributed by atoms with Gasteiger partial charge in [-0.2, -0.15) is 0 Å². The molecule has 2 rings (SSSR count). The Labute approximate surface area is 90.3 Å². The molecule has 4 nitrogen and oxygen atoms in total. The van der Waals surface area contributed by atoms with Gasteiger partial charge in [0.2, 0.25) is 0 Å². The van der Waals surface area contributed by atoms with Crippen LogP contribution in [0.25, 0.3) is 0 Å². The second kappa shape index (κ2) is 4.77. The van der Waals surface area contributed by atoms with E-state index in [9.17, 15) is 5.11 Å². The summed E-state index contributed by atoms with van der Waals surface area (Å²) in [6.07, 6.45) is 7.68. The molecule has 84 valence electrons. The Morgan fingerprint density at radius 2 is 2.20 bits per heavy atom. The van der Waals surface area contributed by atoms with Crippen LogP contribution >= 0.6 is 0 Å². The first-order valence-electron chi connectivity index (χ1n) is 5.62. The lowest BCUT2D eigenvalue weighted by Crippen LogP contribution is -2.34. The van der Waals surface area contributed by atoms with E-state index >= 15 is 0 Å². The van der Waals surface area contributed by atoms with Crippen molar-refractivity contribution in [3.05, 3.63) is 18.2 Å². The first-order valence-corrected chi connectivity index (χ1v) is 5.62. The maximum Gasteiger partial charge on any atom is 0.0945 e. The number of nitrogens with zero attached hydrogens (tertiary/aromatic N) is 2. The summed E-state index contributed by atoms with van der Waals surface area (Å²) >= 11 is 0. The summed E-state index contributed by atoms with van der Waals surface area (Å²) in [7, 11) is 2.01. The van der Waals surface area contributed by atoms with Crippen molar-refractivity contribution < 1.29 is 5.11 Å². The zero-order valence-electron chi connectivity index (χ0n) is 9.19. The molecule has 2 N–H and O–H groups in total. The third-order valence-corrected chi connectivity index (χ3v) is 3.19. The first-order chi connectivity index (χ1) is 7.25. The summed E-state index contributed by atoms with van der Waals surface area (Å²) in [6, 6.07) is 0.559. The number of aliphatic hydroxyl groups excluding tert-OH is 1. The van der Waals surface area contributed by atoms with E-state index in [-0.39, 0.29) is 6.10 Å². The number of hydrogen-bond donors (Lipinski definition) is 2. The van der Waals surface area contributed by atoms with E-state index in [0.29, 0.717) is 6.04 Å². The van der Waals surface area contributed by atoms with Crippen LogP contribution in [0.2, 0.25) is 0 Å². The van der Waals surface area contributed by atoms with Crippen LogP contribution in [0.3, 0.4) is 0 Å². The van der Waals surface area contributed by atoms with Gasteiger partial charge in [-0.1, -0.05) is 0 Å². The number of rotatable bonds is 3. The minimum atomic E-state index is -0.0697. The minimum Gasteiger partial charge on any atom is -0.393 e. The lowest BCUT2D eigenvalue weighted by atomic mass is 9.93. The number of aromatic nitrogens is 2. The van der Waals surface area contributed by atoms with Gasteiger partial charge in [-0.15, -0.1) is 0 Å². The SMILES string of the molecule is Cn1cncc1CNC1CCC(O)CC1. The molecular weight excluding hydrogens is 190 g/mol. The fourth-order valence-electron chi connectivity index (χ4n) is 2.08. The lowest BCUT2D eigenvalue weighted by Gasteiger charge is -2.26. The standard InChI is InChI=1S/C11H19N3O/c1-14-8-12-6-10(14)7-13-9-2-4-11(15)5-3-9/h6,8-9,11,13,15H,2-5,7H2,1H3. The van der Waals surface area contributed by atoms with Crippen LogP contribution in [-0.2, 0) is 13.6 Å². The Morgan fingerprint density at radius 1 is 1.47 bits per heavy atom. The maximum atomic E-state index is 9.38. The van der Waals surface area contributed by atoms with E-state index in [1.165, 1.54) is 5.69 Å². The van der Waals surface area contributed by atoms with Crippen LogP contribution in [0.4, 0.5) is 0 Å². The predicted octanol–water partition coefficient (Wildman–Crippen LogP) is 0.813. The normalized spacial score (nSPS) is 26.8. The number of nitrogens with one attached hydrogen (secondary N) is 1. The average Bonchev–Trinajstić information content (AvgIpc) is 2.63. The molecule has 1 aliphatic carbocycles. The molecule has 0 saturated heterocycles. The van der Waals surface area contributed by atoms with Crippen molar-refractivity contribution in [1.82, 2.24) is 14.9 Å². The molecule has 0 atom stereocenters. The van der Waals surface area contributed by atoms with Crippen molar-refractivity contribution >= 4 is 0 Å². The highest BCUT2D eigenvalue weighted by Gasteiger charge is 2.18.